The Bertz CT molecular complexity index is 976. The largest absolute Gasteiger partial charge is 0.495 e. The molecule has 31 heavy (non-hydrogen) atoms. The van der Waals surface area contributed by atoms with Gasteiger partial charge in [0.2, 0.25) is 22.9 Å². The minimum atomic E-state index is -0.492. The molecule has 3 heterocycles. The second kappa shape index (κ2) is 9.65. The third kappa shape index (κ3) is 4.99. The number of hydrogen-bond acceptors (Lipinski definition) is 8. The fraction of sp³-hybridized carbons (Fsp3) is 0.450. The standard InChI is InChI=1S/C20H23N5O4S2/c1-29-15-7-3-2-6-14(15)25-11-13(10-16(25)26)18(28)21-19-22-23-20(31-19)30-12-17(27)24-8-4-5-9-24/h2-3,6-7,13H,4-5,8-12H2,1H3,(H,21,22,28)/t13-/m1/s1. The van der Waals surface area contributed by atoms with Crippen LogP contribution in [-0.2, 0) is 14.4 Å². The van der Waals surface area contributed by atoms with Gasteiger partial charge in [-0.2, -0.15) is 0 Å². The summed E-state index contributed by atoms with van der Waals surface area (Å²) in [5.74, 6) is 0.114. The van der Waals surface area contributed by atoms with E-state index in [1.54, 1.807) is 24.1 Å². The van der Waals surface area contributed by atoms with E-state index in [4.69, 9.17) is 4.74 Å². The molecular weight excluding hydrogens is 438 g/mol. The highest BCUT2D eigenvalue weighted by Crippen LogP contribution is 2.33. The average Bonchev–Trinajstić information content (AvgIpc) is 3.53. The smallest absolute Gasteiger partial charge is 0.233 e. The van der Waals surface area contributed by atoms with Gasteiger partial charge in [0.1, 0.15) is 5.75 Å². The zero-order valence-corrected chi connectivity index (χ0v) is 18.7. The number of benzene rings is 1. The third-order valence-corrected chi connectivity index (χ3v) is 7.24. The van der Waals surface area contributed by atoms with Gasteiger partial charge in [-0.1, -0.05) is 35.2 Å². The van der Waals surface area contributed by atoms with Gasteiger partial charge in [-0.05, 0) is 25.0 Å². The fourth-order valence-corrected chi connectivity index (χ4v) is 5.33. The first-order valence-corrected chi connectivity index (χ1v) is 11.8. The van der Waals surface area contributed by atoms with Crippen LogP contribution in [0.4, 0.5) is 10.8 Å². The maximum Gasteiger partial charge on any atom is 0.233 e. The molecule has 2 aliphatic heterocycles. The molecule has 1 aromatic heterocycles. The molecule has 11 heteroatoms. The zero-order chi connectivity index (χ0) is 21.8. The van der Waals surface area contributed by atoms with Gasteiger partial charge in [-0.15, -0.1) is 10.2 Å². The Labute approximate surface area is 188 Å². The van der Waals surface area contributed by atoms with Crippen molar-refractivity contribution in [2.45, 2.75) is 23.6 Å². The van der Waals surface area contributed by atoms with E-state index in [-0.39, 0.29) is 30.7 Å². The summed E-state index contributed by atoms with van der Waals surface area (Å²) in [6.07, 6.45) is 2.24. The van der Waals surface area contributed by atoms with Crippen LogP contribution in [0.2, 0.25) is 0 Å². The Balaban J connectivity index is 1.31. The number of thioether (sulfide) groups is 1. The van der Waals surface area contributed by atoms with Crippen molar-refractivity contribution in [3.05, 3.63) is 24.3 Å². The zero-order valence-electron chi connectivity index (χ0n) is 17.1. The minimum absolute atomic E-state index is 0.101. The number of amides is 3. The Morgan fingerprint density at radius 2 is 2.03 bits per heavy atom. The molecule has 0 saturated carbocycles. The van der Waals surface area contributed by atoms with Crippen LogP contribution in [0.3, 0.4) is 0 Å². The molecule has 2 aliphatic rings. The van der Waals surface area contributed by atoms with Crippen LogP contribution in [-0.4, -0.2) is 65.3 Å². The summed E-state index contributed by atoms with van der Waals surface area (Å²) in [4.78, 5) is 40.8. The molecule has 2 saturated heterocycles. The van der Waals surface area contributed by atoms with E-state index in [0.717, 1.165) is 25.9 Å². The predicted molar refractivity (Wildman–Crippen MR) is 119 cm³/mol. The summed E-state index contributed by atoms with van der Waals surface area (Å²) in [5.41, 5.74) is 0.655. The van der Waals surface area contributed by atoms with Crippen LogP contribution in [0.5, 0.6) is 5.75 Å². The van der Waals surface area contributed by atoms with E-state index in [1.807, 2.05) is 17.0 Å². The van der Waals surface area contributed by atoms with E-state index in [2.05, 4.69) is 15.5 Å². The van der Waals surface area contributed by atoms with Crippen molar-refractivity contribution in [2.75, 3.05) is 42.7 Å². The molecule has 1 atom stereocenters. The quantitative estimate of drug-likeness (QED) is 0.498. The van der Waals surface area contributed by atoms with Gasteiger partial charge in [0.15, 0.2) is 4.34 Å². The SMILES string of the molecule is COc1ccccc1N1C[C@H](C(=O)Nc2nnc(SCC(=O)N3CCCC3)s2)CC1=O. The minimum Gasteiger partial charge on any atom is -0.495 e. The number of aromatic nitrogens is 2. The monoisotopic (exact) mass is 461 g/mol. The lowest BCUT2D eigenvalue weighted by atomic mass is 10.1. The molecule has 0 spiro atoms. The van der Waals surface area contributed by atoms with Gasteiger partial charge < -0.3 is 19.9 Å². The second-order valence-corrected chi connectivity index (χ2v) is 9.52. The summed E-state index contributed by atoms with van der Waals surface area (Å²) >= 11 is 2.55. The Kier molecular flexibility index (Phi) is 6.71. The number of anilines is 2. The fourth-order valence-electron chi connectivity index (χ4n) is 3.68. The number of hydrogen-bond donors (Lipinski definition) is 1. The van der Waals surface area contributed by atoms with Crippen LogP contribution in [0.25, 0.3) is 0 Å². The topological polar surface area (TPSA) is 105 Å². The average molecular weight is 462 g/mol. The number of carbonyl (C=O) groups is 3. The lowest BCUT2D eigenvalue weighted by molar-refractivity contribution is -0.127. The predicted octanol–water partition coefficient (Wildman–Crippen LogP) is 2.25. The molecule has 2 aromatic rings. The number of nitrogens with zero attached hydrogens (tertiary/aromatic N) is 4. The van der Waals surface area contributed by atoms with E-state index >= 15 is 0 Å². The van der Waals surface area contributed by atoms with Crippen LogP contribution in [0, 0.1) is 5.92 Å². The number of nitrogens with one attached hydrogen (secondary N) is 1. The van der Waals surface area contributed by atoms with Crippen LogP contribution in [0.15, 0.2) is 28.6 Å². The Morgan fingerprint density at radius 1 is 1.26 bits per heavy atom. The van der Waals surface area contributed by atoms with Crippen molar-refractivity contribution in [1.29, 1.82) is 0 Å². The number of methoxy groups -OCH3 is 1. The van der Waals surface area contributed by atoms with Crippen molar-refractivity contribution in [1.82, 2.24) is 15.1 Å². The molecule has 0 radical (unpaired) electrons. The van der Waals surface area contributed by atoms with Crippen LogP contribution < -0.4 is 15.0 Å². The lowest BCUT2D eigenvalue weighted by Gasteiger charge is -2.19. The molecule has 0 bridgehead atoms. The van der Waals surface area contributed by atoms with Crippen molar-refractivity contribution in [3.63, 3.8) is 0 Å². The maximum absolute atomic E-state index is 12.7. The van der Waals surface area contributed by atoms with Gasteiger partial charge in [0.05, 0.1) is 24.5 Å². The van der Waals surface area contributed by atoms with E-state index in [1.165, 1.54) is 23.1 Å². The molecule has 1 N–H and O–H groups in total. The van der Waals surface area contributed by atoms with Gasteiger partial charge in [0.25, 0.3) is 0 Å². The normalized spacial score (nSPS) is 18.5. The highest BCUT2D eigenvalue weighted by atomic mass is 32.2. The number of likely N-dealkylation sites (tertiary alicyclic amines) is 1. The third-order valence-electron chi connectivity index (χ3n) is 5.29. The first-order chi connectivity index (χ1) is 15.0. The summed E-state index contributed by atoms with van der Waals surface area (Å²) < 4.78 is 5.96. The molecule has 0 aliphatic carbocycles. The van der Waals surface area contributed by atoms with Gasteiger partial charge in [-0.25, -0.2) is 0 Å². The number of ether oxygens (including phenoxy) is 1. The molecular formula is C20H23N5O4S2. The van der Waals surface area contributed by atoms with Crippen molar-refractivity contribution in [2.24, 2.45) is 5.92 Å². The van der Waals surface area contributed by atoms with E-state index < -0.39 is 5.92 Å². The molecule has 164 valence electrons. The molecule has 4 rings (SSSR count). The first-order valence-electron chi connectivity index (χ1n) is 10.0. The van der Waals surface area contributed by atoms with Crippen molar-refractivity contribution in [3.8, 4) is 5.75 Å². The molecule has 3 amide bonds. The van der Waals surface area contributed by atoms with Crippen molar-refractivity contribution < 1.29 is 19.1 Å². The summed E-state index contributed by atoms with van der Waals surface area (Å²) in [5, 5.41) is 11.2. The number of carbonyl (C=O) groups excluding carboxylic acids is 3. The molecule has 9 nitrogen and oxygen atoms in total. The van der Waals surface area contributed by atoms with Crippen molar-refractivity contribution >= 4 is 51.6 Å². The van der Waals surface area contributed by atoms with E-state index in [9.17, 15) is 14.4 Å². The Hall–Kier alpha value is -2.66. The highest BCUT2D eigenvalue weighted by molar-refractivity contribution is 8.01. The van der Waals surface area contributed by atoms with E-state index in [0.29, 0.717) is 26.7 Å². The maximum atomic E-state index is 12.7. The summed E-state index contributed by atoms with van der Waals surface area (Å²) in [6, 6.07) is 7.24. The number of rotatable bonds is 7. The second-order valence-electron chi connectivity index (χ2n) is 7.32. The van der Waals surface area contributed by atoms with Crippen LogP contribution in [0.1, 0.15) is 19.3 Å². The summed E-state index contributed by atoms with van der Waals surface area (Å²) in [6.45, 7) is 1.92. The van der Waals surface area contributed by atoms with Gasteiger partial charge in [-0.3, -0.25) is 14.4 Å². The lowest BCUT2D eigenvalue weighted by Crippen LogP contribution is -2.29. The first kappa shape index (κ1) is 21.6. The molecule has 1 aromatic carbocycles. The Morgan fingerprint density at radius 3 is 2.81 bits per heavy atom. The van der Waals surface area contributed by atoms with Crippen LogP contribution >= 0.6 is 23.1 Å². The van der Waals surface area contributed by atoms with Gasteiger partial charge >= 0.3 is 0 Å². The highest BCUT2D eigenvalue weighted by Gasteiger charge is 2.36. The molecule has 0 unspecified atom stereocenters. The molecule has 2 fully saturated rings. The number of para-hydroxylation sites is 2. The summed E-state index contributed by atoms with van der Waals surface area (Å²) in [7, 11) is 1.55. The van der Waals surface area contributed by atoms with Gasteiger partial charge in [0, 0.05) is 26.1 Å².